The summed E-state index contributed by atoms with van der Waals surface area (Å²) in [7, 11) is 0. The normalized spacial score (nSPS) is 10.8. The molecule has 0 atom stereocenters. The molecule has 1 heterocycles. The first-order valence-electron chi connectivity index (χ1n) is 4.99. The van der Waals surface area contributed by atoms with Crippen molar-refractivity contribution in [3.05, 3.63) is 57.0 Å². The molecule has 0 aliphatic rings. The minimum Gasteiger partial charge on any atom is -0.267 e. The Morgan fingerprint density at radius 3 is 2.61 bits per heavy atom. The molecule has 92 valence electrons. The second-order valence-corrected chi connectivity index (χ2v) is 5.09. The molecule has 0 saturated heterocycles. The monoisotopic (exact) mass is 282 g/mol. The van der Waals surface area contributed by atoms with Crippen LogP contribution in [0.1, 0.15) is 15.2 Å². The van der Waals surface area contributed by atoms with Gasteiger partial charge < -0.3 is 0 Å². The maximum absolute atomic E-state index is 12.7. The number of amides is 1. The highest BCUT2D eigenvalue weighted by molar-refractivity contribution is 7.17. The third kappa shape index (κ3) is 3.38. The van der Waals surface area contributed by atoms with Gasteiger partial charge in [0.05, 0.1) is 10.6 Å². The summed E-state index contributed by atoms with van der Waals surface area (Å²) in [6.07, 6.45) is 1.50. The summed E-state index contributed by atoms with van der Waals surface area (Å²) in [4.78, 5) is 12.4. The molecule has 3 nitrogen and oxygen atoms in total. The van der Waals surface area contributed by atoms with Crippen LogP contribution in [0.5, 0.6) is 0 Å². The van der Waals surface area contributed by atoms with Crippen LogP contribution in [-0.4, -0.2) is 12.1 Å². The molecule has 0 fully saturated rings. The van der Waals surface area contributed by atoms with E-state index >= 15 is 0 Å². The van der Waals surface area contributed by atoms with Gasteiger partial charge in [-0.15, -0.1) is 11.3 Å². The molecule has 0 radical (unpaired) electrons. The van der Waals surface area contributed by atoms with E-state index in [2.05, 4.69) is 10.5 Å². The van der Waals surface area contributed by atoms with Crippen LogP contribution >= 0.6 is 22.9 Å². The summed E-state index contributed by atoms with van der Waals surface area (Å²) in [6.45, 7) is 0. The van der Waals surface area contributed by atoms with Crippen molar-refractivity contribution in [2.45, 2.75) is 0 Å². The van der Waals surface area contributed by atoms with Gasteiger partial charge >= 0.3 is 0 Å². The summed E-state index contributed by atoms with van der Waals surface area (Å²) in [6, 6.07) is 8.76. The van der Waals surface area contributed by atoms with E-state index < -0.39 is 5.91 Å². The number of carbonyl (C=O) groups excluding carboxylic acids is 1. The molecule has 18 heavy (non-hydrogen) atoms. The van der Waals surface area contributed by atoms with Crippen LogP contribution in [0.2, 0.25) is 4.34 Å². The van der Waals surface area contributed by atoms with Crippen LogP contribution in [0.4, 0.5) is 4.39 Å². The molecule has 0 saturated carbocycles. The molecule has 0 unspecified atom stereocenters. The number of hydrogen-bond acceptors (Lipinski definition) is 3. The number of benzene rings is 1. The van der Waals surface area contributed by atoms with E-state index in [0.717, 1.165) is 4.88 Å². The quantitative estimate of drug-likeness (QED) is 0.681. The Morgan fingerprint density at radius 2 is 2.00 bits per heavy atom. The molecule has 0 aliphatic heterocycles. The van der Waals surface area contributed by atoms with Crippen LogP contribution in [0.3, 0.4) is 0 Å². The maximum atomic E-state index is 12.7. The molecule has 2 aromatic rings. The Balaban J connectivity index is 1.96. The fourth-order valence-corrected chi connectivity index (χ4v) is 2.15. The fraction of sp³-hybridized carbons (Fsp3) is 0. The van der Waals surface area contributed by atoms with Gasteiger partial charge in [-0.25, -0.2) is 9.82 Å². The zero-order valence-electron chi connectivity index (χ0n) is 9.06. The Hall–Kier alpha value is -1.72. The fourth-order valence-electron chi connectivity index (χ4n) is 1.22. The molecule has 0 aliphatic carbocycles. The Morgan fingerprint density at radius 1 is 1.28 bits per heavy atom. The standard InChI is InChI=1S/C12H8ClFN2OS/c13-11-6-5-10(18-11)7-15-16-12(17)8-1-3-9(14)4-2-8/h1-7H,(H,16,17). The lowest BCUT2D eigenvalue weighted by atomic mass is 10.2. The summed E-state index contributed by atoms with van der Waals surface area (Å²) >= 11 is 7.10. The van der Waals surface area contributed by atoms with Crippen LogP contribution in [-0.2, 0) is 0 Å². The van der Waals surface area contributed by atoms with Crippen molar-refractivity contribution >= 4 is 35.1 Å². The van der Waals surface area contributed by atoms with E-state index in [1.165, 1.54) is 41.8 Å². The molecule has 2 rings (SSSR count). The lowest BCUT2D eigenvalue weighted by Crippen LogP contribution is -2.17. The first-order valence-corrected chi connectivity index (χ1v) is 6.19. The molecular weight excluding hydrogens is 275 g/mol. The first-order chi connectivity index (χ1) is 8.65. The number of hydrogen-bond donors (Lipinski definition) is 1. The van der Waals surface area contributed by atoms with E-state index in [4.69, 9.17) is 11.6 Å². The number of rotatable bonds is 3. The number of nitrogens with one attached hydrogen (secondary N) is 1. The average Bonchev–Trinajstić information content (AvgIpc) is 2.76. The molecule has 0 spiro atoms. The Bertz CT molecular complexity index is 580. The highest BCUT2D eigenvalue weighted by Gasteiger charge is 2.03. The Labute approximate surface area is 112 Å². The highest BCUT2D eigenvalue weighted by Crippen LogP contribution is 2.19. The number of halogens is 2. The average molecular weight is 283 g/mol. The van der Waals surface area contributed by atoms with E-state index in [1.54, 1.807) is 12.1 Å². The highest BCUT2D eigenvalue weighted by atomic mass is 35.5. The SMILES string of the molecule is O=C(NN=Cc1ccc(Cl)s1)c1ccc(F)cc1. The molecule has 1 aromatic heterocycles. The maximum Gasteiger partial charge on any atom is 0.271 e. The summed E-state index contributed by atoms with van der Waals surface area (Å²) < 4.78 is 13.3. The minimum atomic E-state index is -0.395. The van der Waals surface area contributed by atoms with Crippen molar-refractivity contribution < 1.29 is 9.18 Å². The third-order valence-corrected chi connectivity index (χ3v) is 3.22. The van der Waals surface area contributed by atoms with Gasteiger partial charge in [-0.05, 0) is 36.4 Å². The van der Waals surface area contributed by atoms with Gasteiger partial charge in [-0.3, -0.25) is 4.79 Å². The van der Waals surface area contributed by atoms with Gasteiger partial charge in [0.2, 0.25) is 0 Å². The van der Waals surface area contributed by atoms with Crippen LogP contribution in [0, 0.1) is 5.82 Å². The van der Waals surface area contributed by atoms with Crippen molar-refractivity contribution in [2.75, 3.05) is 0 Å². The predicted octanol–water partition coefficient (Wildman–Crippen LogP) is 3.30. The zero-order valence-corrected chi connectivity index (χ0v) is 10.6. The van der Waals surface area contributed by atoms with Gasteiger partial charge in [-0.2, -0.15) is 5.10 Å². The lowest BCUT2D eigenvalue weighted by molar-refractivity contribution is 0.0955. The number of hydrazone groups is 1. The summed E-state index contributed by atoms with van der Waals surface area (Å²) in [5.41, 5.74) is 2.69. The first kappa shape index (κ1) is 12.7. The molecule has 1 aromatic carbocycles. The van der Waals surface area contributed by atoms with Crippen molar-refractivity contribution in [3.63, 3.8) is 0 Å². The molecule has 6 heteroatoms. The lowest BCUT2D eigenvalue weighted by Gasteiger charge is -1.98. The van der Waals surface area contributed by atoms with Gasteiger partial charge in [0.25, 0.3) is 5.91 Å². The van der Waals surface area contributed by atoms with Gasteiger partial charge in [0, 0.05) is 10.4 Å². The third-order valence-electron chi connectivity index (χ3n) is 2.06. The molecule has 1 N–H and O–H groups in total. The minimum absolute atomic E-state index is 0.345. The van der Waals surface area contributed by atoms with Crippen molar-refractivity contribution in [1.82, 2.24) is 5.43 Å². The summed E-state index contributed by atoms with van der Waals surface area (Å²) in [5.74, 6) is -0.780. The number of thiophene rings is 1. The number of carbonyl (C=O) groups is 1. The molecule has 0 bridgehead atoms. The van der Waals surface area contributed by atoms with Gasteiger partial charge in [0.15, 0.2) is 0 Å². The van der Waals surface area contributed by atoms with Gasteiger partial charge in [0.1, 0.15) is 5.82 Å². The van der Waals surface area contributed by atoms with Gasteiger partial charge in [-0.1, -0.05) is 11.6 Å². The van der Waals surface area contributed by atoms with Crippen molar-refractivity contribution in [3.8, 4) is 0 Å². The smallest absolute Gasteiger partial charge is 0.267 e. The predicted molar refractivity (Wildman–Crippen MR) is 70.8 cm³/mol. The Kier molecular flexibility index (Phi) is 4.07. The van der Waals surface area contributed by atoms with Crippen molar-refractivity contribution in [1.29, 1.82) is 0 Å². The van der Waals surface area contributed by atoms with Crippen LogP contribution in [0.15, 0.2) is 41.5 Å². The van der Waals surface area contributed by atoms with E-state index in [-0.39, 0.29) is 5.82 Å². The van der Waals surface area contributed by atoms with Crippen LogP contribution < -0.4 is 5.43 Å². The summed E-state index contributed by atoms with van der Waals surface area (Å²) in [5, 5.41) is 3.79. The molecular formula is C12H8ClFN2OS. The largest absolute Gasteiger partial charge is 0.271 e. The number of nitrogens with zero attached hydrogens (tertiary/aromatic N) is 1. The second-order valence-electron chi connectivity index (χ2n) is 3.35. The second kappa shape index (κ2) is 5.75. The topological polar surface area (TPSA) is 41.5 Å². The van der Waals surface area contributed by atoms with E-state index in [0.29, 0.717) is 9.90 Å². The van der Waals surface area contributed by atoms with E-state index in [1.807, 2.05) is 0 Å². The zero-order chi connectivity index (χ0) is 13.0. The van der Waals surface area contributed by atoms with E-state index in [9.17, 15) is 9.18 Å². The molecule has 1 amide bonds. The van der Waals surface area contributed by atoms with Crippen LogP contribution in [0.25, 0.3) is 0 Å². The van der Waals surface area contributed by atoms with Crippen molar-refractivity contribution in [2.24, 2.45) is 5.10 Å².